The Morgan fingerprint density at radius 1 is 1.62 bits per heavy atom. The Labute approximate surface area is 92.6 Å². The molecule has 16 heavy (non-hydrogen) atoms. The van der Waals surface area contributed by atoms with E-state index in [2.05, 4.69) is 5.32 Å². The number of hydrogen-bond acceptors (Lipinski definition) is 4. The fraction of sp³-hybridized carbons (Fsp3) is 0.400. The molecular formula is C10H14FN3O2. The summed E-state index contributed by atoms with van der Waals surface area (Å²) in [6.45, 7) is 2.24. The number of nitrogens with zero attached hydrogens (tertiary/aromatic N) is 1. The molecular weight excluding hydrogens is 213 g/mol. The van der Waals surface area contributed by atoms with Crippen LogP contribution in [0.15, 0.2) is 18.2 Å². The zero-order valence-corrected chi connectivity index (χ0v) is 8.94. The summed E-state index contributed by atoms with van der Waals surface area (Å²) in [5.74, 6) is -0.514. The number of nitro groups is 1. The van der Waals surface area contributed by atoms with E-state index in [0.717, 1.165) is 18.2 Å². The zero-order valence-electron chi connectivity index (χ0n) is 8.94. The first-order valence-corrected chi connectivity index (χ1v) is 4.99. The fourth-order valence-electron chi connectivity index (χ4n) is 1.33. The summed E-state index contributed by atoms with van der Waals surface area (Å²) in [6, 6.07) is 3.21. The molecule has 0 aromatic heterocycles. The van der Waals surface area contributed by atoms with Crippen molar-refractivity contribution < 1.29 is 9.31 Å². The van der Waals surface area contributed by atoms with Crippen LogP contribution >= 0.6 is 0 Å². The molecule has 6 heteroatoms. The Balaban J connectivity index is 3.00. The average molecular weight is 227 g/mol. The standard InChI is InChI=1S/C10H14FN3O2/c1-2-8(6-12)13-9-5-7(11)3-4-10(9)14(15)16/h3-5,8,13H,2,6,12H2,1H3. The van der Waals surface area contributed by atoms with Gasteiger partial charge in [0.2, 0.25) is 0 Å². The second kappa shape index (κ2) is 5.41. The molecule has 88 valence electrons. The van der Waals surface area contributed by atoms with E-state index in [1.165, 1.54) is 0 Å². The van der Waals surface area contributed by atoms with Gasteiger partial charge in [0, 0.05) is 24.7 Å². The van der Waals surface area contributed by atoms with Crippen molar-refractivity contribution >= 4 is 11.4 Å². The summed E-state index contributed by atoms with van der Waals surface area (Å²) in [5, 5.41) is 13.6. The molecule has 5 nitrogen and oxygen atoms in total. The highest BCUT2D eigenvalue weighted by atomic mass is 19.1. The van der Waals surface area contributed by atoms with E-state index in [1.807, 2.05) is 6.92 Å². The predicted molar refractivity (Wildman–Crippen MR) is 59.8 cm³/mol. The van der Waals surface area contributed by atoms with E-state index in [0.29, 0.717) is 13.0 Å². The number of halogens is 1. The van der Waals surface area contributed by atoms with E-state index in [1.54, 1.807) is 0 Å². The molecule has 3 N–H and O–H groups in total. The zero-order chi connectivity index (χ0) is 12.1. The summed E-state index contributed by atoms with van der Waals surface area (Å²) >= 11 is 0. The van der Waals surface area contributed by atoms with Gasteiger partial charge in [0.25, 0.3) is 5.69 Å². The molecule has 0 aliphatic carbocycles. The van der Waals surface area contributed by atoms with Crippen molar-refractivity contribution in [1.29, 1.82) is 0 Å². The van der Waals surface area contributed by atoms with Gasteiger partial charge in [-0.05, 0) is 12.5 Å². The topological polar surface area (TPSA) is 81.2 Å². The molecule has 1 aromatic carbocycles. The molecule has 1 atom stereocenters. The molecule has 0 aliphatic rings. The molecule has 1 rings (SSSR count). The summed E-state index contributed by atoms with van der Waals surface area (Å²) in [7, 11) is 0. The van der Waals surface area contributed by atoms with Crippen LogP contribution in [0.25, 0.3) is 0 Å². The third-order valence-electron chi connectivity index (χ3n) is 2.29. The van der Waals surface area contributed by atoms with Crippen molar-refractivity contribution in [2.24, 2.45) is 5.73 Å². The highest BCUT2D eigenvalue weighted by Crippen LogP contribution is 2.25. The Bertz CT molecular complexity index is 380. The maximum absolute atomic E-state index is 13.0. The van der Waals surface area contributed by atoms with Crippen molar-refractivity contribution in [1.82, 2.24) is 0 Å². The van der Waals surface area contributed by atoms with Gasteiger partial charge in [0.05, 0.1) is 4.92 Å². The maximum atomic E-state index is 13.0. The molecule has 0 saturated carbocycles. The van der Waals surface area contributed by atoms with Crippen molar-refractivity contribution in [3.8, 4) is 0 Å². The highest BCUT2D eigenvalue weighted by molar-refractivity contribution is 5.61. The first-order valence-electron chi connectivity index (χ1n) is 4.99. The number of nitrogens with two attached hydrogens (primary N) is 1. The minimum Gasteiger partial charge on any atom is -0.375 e. The van der Waals surface area contributed by atoms with Gasteiger partial charge >= 0.3 is 0 Å². The van der Waals surface area contributed by atoms with Crippen LogP contribution in [0.1, 0.15) is 13.3 Å². The fourth-order valence-corrected chi connectivity index (χ4v) is 1.33. The second-order valence-corrected chi connectivity index (χ2v) is 3.40. The van der Waals surface area contributed by atoms with E-state index in [-0.39, 0.29) is 17.4 Å². The molecule has 0 saturated heterocycles. The van der Waals surface area contributed by atoms with Gasteiger partial charge in [-0.3, -0.25) is 10.1 Å². The van der Waals surface area contributed by atoms with Crippen molar-refractivity contribution in [3.05, 3.63) is 34.1 Å². The van der Waals surface area contributed by atoms with Crippen molar-refractivity contribution in [2.75, 3.05) is 11.9 Å². The largest absolute Gasteiger partial charge is 0.375 e. The normalized spacial score (nSPS) is 12.2. The molecule has 0 heterocycles. The monoisotopic (exact) mass is 227 g/mol. The quantitative estimate of drug-likeness (QED) is 0.594. The van der Waals surface area contributed by atoms with Crippen LogP contribution < -0.4 is 11.1 Å². The summed E-state index contributed by atoms with van der Waals surface area (Å²) in [5.41, 5.74) is 5.49. The number of nitrogens with one attached hydrogen (secondary N) is 1. The third-order valence-corrected chi connectivity index (χ3v) is 2.29. The van der Waals surface area contributed by atoms with E-state index >= 15 is 0 Å². The Kier molecular flexibility index (Phi) is 4.19. The summed E-state index contributed by atoms with van der Waals surface area (Å²) in [4.78, 5) is 10.2. The lowest BCUT2D eigenvalue weighted by molar-refractivity contribution is -0.384. The van der Waals surface area contributed by atoms with Gasteiger partial charge in [-0.2, -0.15) is 0 Å². The molecule has 1 aromatic rings. The predicted octanol–water partition coefficient (Wildman–Crippen LogP) is 1.88. The summed E-state index contributed by atoms with van der Waals surface area (Å²) in [6.07, 6.45) is 0.712. The Morgan fingerprint density at radius 2 is 2.31 bits per heavy atom. The van der Waals surface area contributed by atoms with Crippen LogP contribution in [0.4, 0.5) is 15.8 Å². The van der Waals surface area contributed by atoms with Crippen LogP contribution in [-0.2, 0) is 0 Å². The molecule has 0 amide bonds. The van der Waals surface area contributed by atoms with Crippen LogP contribution in [0.5, 0.6) is 0 Å². The van der Waals surface area contributed by atoms with Crippen LogP contribution in [0, 0.1) is 15.9 Å². The van der Waals surface area contributed by atoms with Gasteiger partial charge in [0.1, 0.15) is 11.5 Å². The smallest absolute Gasteiger partial charge is 0.292 e. The number of rotatable bonds is 5. The number of benzene rings is 1. The molecule has 0 fully saturated rings. The van der Waals surface area contributed by atoms with Crippen molar-refractivity contribution in [3.63, 3.8) is 0 Å². The number of anilines is 1. The van der Waals surface area contributed by atoms with Gasteiger partial charge < -0.3 is 11.1 Å². The maximum Gasteiger partial charge on any atom is 0.292 e. The Hall–Kier alpha value is -1.69. The lowest BCUT2D eigenvalue weighted by Gasteiger charge is -2.15. The van der Waals surface area contributed by atoms with Crippen LogP contribution in [-0.4, -0.2) is 17.5 Å². The molecule has 0 spiro atoms. The van der Waals surface area contributed by atoms with Gasteiger partial charge in [-0.15, -0.1) is 0 Å². The second-order valence-electron chi connectivity index (χ2n) is 3.40. The first kappa shape index (κ1) is 12.4. The highest BCUT2D eigenvalue weighted by Gasteiger charge is 2.16. The van der Waals surface area contributed by atoms with Crippen LogP contribution in [0.2, 0.25) is 0 Å². The van der Waals surface area contributed by atoms with Gasteiger partial charge in [-0.25, -0.2) is 4.39 Å². The SMILES string of the molecule is CCC(CN)Nc1cc(F)ccc1[N+](=O)[O-]. The van der Waals surface area contributed by atoms with Crippen LogP contribution in [0.3, 0.4) is 0 Å². The average Bonchev–Trinajstić information content (AvgIpc) is 2.25. The summed E-state index contributed by atoms with van der Waals surface area (Å²) < 4.78 is 13.0. The minimum atomic E-state index is -0.551. The lowest BCUT2D eigenvalue weighted by Crippen LogP contribution is -2.28. The van der Waals surface area contributed by atoms with Gasteiger partial charge in [0.15, 0.2) is 0 Å². The van der Waals surface area contributed by atoms with Crippen molar-refractivity contribution in [2.45, 2.75) is 19.4 Å². The van der Waals surface area contributed by atoms with Gasteiger partial charge in [-0.1, -0.05) is 6.92 Å². The first-order chi connectivity index (χ1) is 7.58. The third kappa shape index (κ3) is 2.90. The molecule has 1 unspecified atom stereocenters. The Morgan fingerprint density at radius 3 is 2.81 bits per heavy atom. The lowest BCUT2D eigenvalue weighted by atomic mass is 10.2. The molecule has 0 aliphatic heterocycles. The number of nitro benzene ring substituents is 1. The van der Waals surface area contributed by atoms with E-state index < -0.39 is 10.7 Å². The number of hydrogen-bond donors (Lipinski definition) is 2. The molecule has 0 bridgehead atoms. The van der Waals surface area contributed by atoms with E-state index in [9.17, 15) is 14.5 Å². The van der Waals surface area contributed by atoms with E-state index in [4.69, 9.17) is 5.73 Å². The minimum absolute atomic E-state index is 0.0968. The molecule has 0 radical (unpaired) electrons.